The molecule has 3 rings (SSSR count). The average Bonchev–Trinajstić information content (AvgIpc) is 2.63. The number of piperidine rings is 1. The van der Waals surface area contributed by atoms with Crippen molar-refractivity contribution in [3.8, 4) is 0 Å². The molecular formula is C18H26ClN3O2S. The number of nitrogens with zero attached hydrogens (tertiary/aromatic N) is 2. The van der Waals surface area contributed by atoms with E-state index < -0.39 is 0 Å². The van der Waals surface area contributed by atoms with Crippen LogP contribution in [0, 0.1) is 11.8 Å². The molecule has 2 aliphatic heterocycles. The van der Waals surface area contributed by atoms with E-state index in [1.807, 2.05) is 11.8 Å². The van der Waals surface area contributed by atoms with E-state index in [0.29, 0.717) is 16.5 Å². The molecule has 0 radical (unpaired) electrons. The van der Waals surface area contributed by atoms with Crippen LogP contribution in [0.3, 0.4) is 0 Å². The third-order valence-electron chi connectivity index (χ3n) is 5.31. The monoisotopic (exact) mass is 383 g/mol. The number of halogens is 1. The van der Waals surface area contributed by atoms with Crippen molar-refractivity contribution in [1.82, 2.24) is 10.3 Å². The zero-order chi connectivity index (χ0) is 17.8. The van der Waals surface area contributed by atoms with Crippen molar-refractivity contribution in [3.05, 3.63) is 22.8 Å². The van der Waals surface area contributed by atoms with E-state index in [1.54, 1.807) is 12.3 Å². The Morgan fingerprint density at radius 3 is 2.92 bits per heavy atom. The highest BCUT2D eigenvalue weighted by molar-refractivity contribution is 7.99. The van der Waals surface area contributed by atoms with Crippen LogP contribution in [0.15, 0.2) is 12.3 Å². The summed E-state index contributed by atoms with van der Waals surface area (Å²) in [7, 11) is 0. The summed E-state index contributed by atoms with van der Waals surface area (Å²) in [5, 5.41) is 13.1. The van der Waals surface area contributed by atoms with Crippen molar-refractivity contribution in [2.75, 3.05) is 36.1 Å². The van der Waals surface area contributed by atoms with Crippen molar-refractivity contribution in [2.24, 2.45) is 11.8 Å². The molecule has 138 valence electrons. The number of aliphatic hydroxyl groups excluding tert-OH is 1. The maximum absolute atomic E-state index is 12.7. The highest BCUT2D eigenvalue weighted by Crippen LogP contribution is 2.28. The van der Waals surface area contributed by atoms with Gasteiger partial charge in [-0.2, -0.15) is 11.8 Å². The summed E-state index contributed by atoms with van der Waals surface area (Å²) in [4.78, 5) is 19.2. The van der Waals surface area contributed by atoms with Crippen LogP contribution >= 0.6 is 23.4 Å². The second-order valence-electron chi connectivity index (χ2n) is 7.04. The summed E-state index contributed by atoms with van der Waals surface area (Å²) in [6, 6.07) is 2.02. The standard InChI is InChI=1S/C18H26ClN3O2S/c1-12-2-5-22(10-13(12)11-23)17-8-15(16(19)9-20-17)18(24)21-14-3-6-25-7-4-14/h8-9,12-14,23H,2-7,10-11H2,1H3,(H,21,24). The second kappa shape index (κ2) is 8.60. The van der Waals surface area contributed by atoms with Gasteiger partial charge in [0.05, 0.1) is 10.6 Å². The number of hydrogen-bond acceptors (Lipinski definition) is 5. The van der Waals surface area contributed by atoms with Gasteiger partial charge >= 0.3 is 0 Å². The molecule has 5 nitrogen and oxygen atoms in total. The van der Waals surface area contributed by atoms with Gasteiger partial charge in [-0.3, -0.25) is 4.79 Å². The number of amides is 1. The van der Waals surface area contributed by atoms with Gasteiger partial charge in [0.1, 0.15) is 5.82 Å². The predicted molar refractivity (Wildman–Crippen MR) is 104 cm³/mol. The van der Waals surface area contributed by atoms with Crippen LogP contribution < -0.4 is 10.2 Å². The molecule has 0 bridgehead atoms. The summed E-state index contributed by atoms with van der Waals surface area (Å²) in [5.41, 5.74) is 0.490. The molecule has 2 N–H and O–H groups in total. The Balaban J connectivity index is 1.72. The lowest BCUT2D eigenvalue weighted by molar-refractivity contribution is 0.0935. The van der Waals surface area contributed by atoms with E-state index in [-0.39, 0.29) is 24.5 Å². The summed E-state index contributed by atoms with van der Waals surface area (Å²) < 4.78 is 0. The smallest absolute Gasteiger partial charge is 0.253 e. The summed E-state index contributed by atoms with van der Waals surface area (Å²) in [6.07, 6.45) is 4.59. The molecule has 0 aliphatic carbocycles. The minimum absolute atomic E-state index is 0.116. The van der Waals surface area contributed by atoms with Crippen LogP contribution in [-0.2, 0) is 0 Å². The van der Waals surface area contributed by atoms with Crippen LogP contribution in [0.4, 0.5) is 5.82 Å². The number of thioether (sulfide) groups is 1. The number of rotatable bonds is 4. The van der Waals surface area contributed by atoms with E-state index in [0.717, 1.165) is 49.7 Å². The van der Waals surface area contributed by atoms with Gasteiger partial charge in [-0.25, -0.2) is 4.98 Å². The molecule has 0 aromatic carbocycles. The first-order valence-corrected chi connectivity index (χ1v) is 10.5. The number of aromatic nitrogens is 1. The number of aliphatic hydroxyl groups is 1. The third-order valence-corrected chi connectivity index (χ3v) is 6.66. The molecule has 2 aliphatic rings. The summed E-state index contributed by atoms with van der Waals surface area (Å²) in [6.45, 7) is 3.99. The van der Waals surface area contributed by atoms with Crippen molar-refractivity contribution in [1.29, 1.82) is 0 Å². The lowest BCUT2D eigenvalue weighted by atomic mass is 9.87. The Bertz CT molecular complexity index is 610. The Morgan fingerprint density at radius 2 is 2.20 bits per heavy atom. The van der Waals surface area contributed by atoms with E-state index >= 15 is 0 Å². The topological polar surface area (TPSA) is 65.5 Å². The fourth-order valence-electron chi connectivity index (χ4n) is 3.47. The lowest BCUT2D eigenvalue weighted by Gasteiger charge is -2.37. The molecule has 7 heteroatoms. The zero-order valence-electron chi connectivity index (χ0n) is 14.6. The first-order chi connectivity index (χ1) is 12.1. The zero-order valence-corrected chi connectivity index (χ0v) is 16.2. The number of hydrogen-bond donors (Lipinski definition) is 2. The minimum atomic E-state index is -0.116. The van der Waals surface area contributed by atoms with Crippen LogP contribution in [0.5, 0.6) is 0 Å². The van der Waals surface area contributed by atoms with E-state index in [9.17, 15) is 9.90 Å². The maximum atomic E-state index is 12.7. The van der Waals surface area contributed by atoms with Gasteiger partial charge in [-0.05, 0) is 42.8 Å². The Kier molecular flexibility index (Phi) is 6.47. The van der Waals surface area contributed by atoms with Gasteiger partial charge in [0.2, 0.25) is 0 Å². The van der Waals surface area contributed by atoms with Gasteiger partial charge in [0.15, 0.2) is 0 Å². The molecule has 2 saturated heterocycles. The number of nitrogens with one attached hydrogen (secondary N) is 1. The third kappa shape index (κ3) is 4.60. The number of anilines is 1. The lowest BCUT2D eigenvalue weighted by Crippen LogP contribution is -2.42. The summed E-state index contributed by atoms with van der Waals surface area (Å²) >= 11 is 8.17. The normalized spacial score (nSPS) is 25.0. The van der Waals surface area contributed by atoms with Crippen LogP contribution in [-0.4, -0.2) is 53.2 Å². The predicted octanol–water partition coefficient (Wildman–Crippen LogP) is 2.82. The average molecular weight is 384 g/mol. The number of pyridine rings is 1. The quantitative estimate of drug-likeness (QED) is 0.836. The van der Waals surface area contributed by atoms with Gasteiger partial charge in [-0.15, -0.1) is 0 Å². The fraction of sp³-hybridized carbons (Fsp3) is 0.667. The first-order valence-electron chi connectivity index (χ1n) is 8.98. The molecular weight excluding hydrogens is 358 g/mol. The molecule has 2 atom stereocenters. The fourth-order valence-corrected chi connectivity index (χ4v) is 4.77. The van der Waals surface area contributed by atoms with Crippen LogP contribution in [0.1, 0.15) is 36.5 Å². The number of carbonyl (C=O) groups is 1. The molecule has 25 heavy (non-hydrogen) atoms. The molecule has 1 aromatic rings. The highest BCUT2D eigenvalue weighted by Gasteiger charge is 2.27. The molecule has 1 aromatic heterocycles. The van der Waals surface area contributed by atoms with Gasteiger partial charge in [0.25, 0.3) is 5.91 Å². The maximum Gasteiger partial charge on any atom is 0.253 e. The van der Waals surface area contributed by atoms with Crippen molar-refractivity contribution < 1.29 is 9.90 Å². The van der Waals surface area contributed by atoms with Gasteiger partial charge in [0, 0.05) is 37.9 Å². The Morgan fingerprint density at radius 1 is 1.44 bits per heavy atom. The molecule has 2 unspecified atom stereocenters. The highest BCUT2D eigenvalue weighted by atomic mass is 35.5. The SMILES string of the molecule is CC1CCN(c2cc(C(=O)NC3CCSCC3)c(Cl)cn2)CC1CO. The Labute approximate surface area is 158 Å². The van der Waals surface area contributed by atoms with Crippen molar-refractivity contribution in [3.63, 3.8) is 0 Å². The van der Waals surface area contributed by atoms with E-state index in [1.165, 1.54) is 0 Å². The van der Waals surface area contributed by atoms with Gasteiger partial charge < -0.3 is 15.3 Å². The van der Waals surface area contributed by atoms with E-state index in [4.69, 9.17) is 11.6 Å². The molecule has 3 heterocycles. The van der Waals surface area contributed by atoms with Crippen molar-refractivity contribution >= 4 is 35.1 Å². The molecule has 0 saturated carbocycles. The largest absolute Gasteiger partial charge is 0.396 e. The minimum Gasteiger partial charge on any atom is -0.396 e. The Hall–Kier alpha value is -0.980. The molecule has 0 spiro atoms. The van der Waals surface area contributed by atoms with Crippen molar-refractivity contribution in [2.45, 2.75) is 32.2 Å². The molecule has 2 fully saturated rings. The van der Waals surface area contributed by atoms with Crippen LogP contribution in [0.25, 0.3) is 0 Å². The summed E-state index contributed by atoms with van der Waals surface area (Å²) in [5.74, 6) is 3.57. The molecule has 1 amide bonds. The number of carbonyl (C=O) groups excluding carboxylic acids is 1. The van der Waals surface area contributed by atoms with Gasteiger partial charge in [-0.1, -0.05) is 18.5 Å². The first kappa shape index (κ1) is 18.8. The van der Waals surface area contributed by atoms with Crippen LogP contribution in [0.2, 0.25) is 5.02 Å². The van der Waals surface area contributed by atoms with E-state index in [2.05, 4.69) is 22.1 Å². The second-order valence-corrected chi connectivity index (χ2v) is 8.67.